The van der Waals surface area contributed by atoms with Crippen LogP contribution in [0.1, 0.15) is 16.7 Å². The van der Waals surface area contributed by atoms with E-state index in [1.54, 1.807) is 0 Å². The van der Waals surface area contributed by atoms with Crippen LogP contribution in [0.15, 0.2) is 132 Å². The van der Waals surface area contributed by atoms with Crippen LogP contribution in [0.3, 0.4) is 0 Å². The van der Waals surface area contributed by atoms with Gasteiger partial charge in [0.25, 0.3) is 0 Å². The molecule has 0 fully saturated rings. The molecule has 5 aromatic carbocycles. The number of nitrogens with zero attached hydrogens (tertiary/aromatic N) is 3. The lowest BCUT2D eigenvalue weighted by atomic mass is 10.1. The van der Waals surface area contributed by atoms with Crippen molar-refractivity contribution in [1.82, 2.24) is 9.78 Å². The lowest BCUT2D eigenvalue weighted by Crippen LogP contribution is -1.97. The molecule has 184 valence electrons. The summed E-state index contributed by atoms with van der Waals surface area (Å²) in [7, 11) is 0. The van der Waals surface area contributed by atoms with Crippen molar-refractivity contribution in [1.29, 1.82) is 0 Å². The fraction of sp³-hybridized carbons (Fsp3) is 0.0588. The summed E-state index contributed by atoms with van der Waals surface area (Å²) in [4.78, 5) is 4.84. The number of fused-ring (bicyclic) bond motifs is 1. The predicted molar refractivity (Wildman–Crippen MR) is 156 cm³/mol. The third kappa shape index (κ3) is 5.11. The van der Waals surface area contributed by atoms with Crippen molar-refractivity contribution < 1.29 is 4.74 Å². The lowest BCUT2D eigenvalue weighted by Gasteiger charge is -2.09. The summed E-state index contributed by atoms with van der Waals surface area (Å²) >= 11 is 0. The van der Waals surface area contributed by atoms with Gasteiger partial charge in [-0.1, -0.05) is 103 Å². The van der Waals surface area contributed by atoms with Gasteiger partial charge >= 0.3 is 0 Å². The minimum absolute atomic E-state index is 0.503. The Balaban J connectivity index is 1.26. The molecule has 1 aromatic heterocycles. The first kappa shape index (κ1) is 23.4. The maximum Gasteiger partial charge on any atom is 0.156 e. The van der Waals surface area contributed by atoms with Gasteiger partial charge in [-0.05, 0) is 53.1 Å². The second-order valence-corrected chi connectivity index (χ2v) is 9.26. The Morgan fingerprint density at radius 1 is 0.763 bits per heavy atom. The van der Waals surface area contributed by atoms with Crippen molar-refractivity contribution in [3.05, 3.63) is 144 Å². The normalized spacial score (nSPS) is 11.3. The van der Waals surface area contributed by atoms with Crippen LogP contribution in [0.25, 0.3) is 27.7 Å². The summed E-state index contributed by atoms with van der Waals surface area (Å²) < 4.78 is 8.06. The van der Waals surface area contributed by atoms with E-state index >= 15 is 0 Å². The number of benzene rings is 5. The highest BCUT2D eigenvalue weighted by molar-refractivity contribution is 5.85. The summed E-state index contributed by atoms with van der Waals surface area (Å²) in [6.45, 7) is 2.59. The molecule has 0 aliphatic heterocycles. The second kappa shape index (κ2) is 10.6. The van der Waals surface area contributed by atoms with E-state index in [-0.39, 0.29) is 0 Å². The molecule has 0 aliphatic rings. The van der Waals surface area contributed by atoms with Crippen molar-refractivity contribution >= 4 is 22.8 Å². The zero-order chi connectivity index (χ0) is 25.7. The van der Waals surface area contributed by atoms with Gasteiger partial charge in [-0.25, -0.2) is 9.67 Å². The molecular formula is C34H27N3O. The van der Waals surface area contributed by atoms with Crippen LogP contribution in [0.5, 0.6) is 5.75 Å². The highest BCUT2D eigenvalue weighted by Gasteiger charge is 2.11. The Bertz CT molecular complexity index is 1710. The molecule has 4 heteroatoms. The highest BCUT2D eigenvalue weighted by Crippen LogP contribution is 2.27. The molecule has 0 amide bonds. The van der Waals surface area contributed by atoms with Crippen LogP contribution in [0, 0.1) is 6.92 Å². The van der Waals surface area contributed by atoms with E-state index in [1.165, 1.54) is 16.3 Å². The highest BCUT2D eigenvalue weighted by atomic mass is 16.5. The van der Waals surface area contributed by atoms with E-state index in [0.717, 1.165) is 39.6 Å². The number of rotatable bonds is 7. The van der Waals surface area contributed by atoms with Gasteiger partial charge in [0.1, 0.15) is 12.4 Å². The summed E-state index contributed by atoms with van der Waals surface area (Å²) in [5.41, 5.74) is 6.25. The first-order chi connectivity index (χ1) is 18.7. The molecule has 0 spiro atoms. The molecule has 0 atom stereocenters. The standard InChI is InChI=1S/C34H27N3O/c1-25-17-19-28(20-18-25)33-22-34(37(36-33)30-13-3-2-4-14-30)35-23-26-9-7-15-31(21-26)38-24-29-12-8-11-27-10-5-6-16-32(27)29/h2-23H,24H2,1H3. The molecule has 0 bridgehead atoms. The smallest absolute Gasteiger partial charge is 0.156 e. The van der Waals surface area contributed by atoms with Crippen LogP contribution in [-0.2, 0) is 6.61 Å². The molecule has 38 heavy (non-hydrogen) atoms. The maximum atomic E-state index is 6.18. The largest absolute Gasteiger partial charge is 0.489 e. The third-order valence-electron chi connectivity index (χ3n) is 6.52. The van der Waals surface area contributed by atoms with Crippen LogP contribution in [-0.4, -0.2) is 16.0 Å². The van der Waals surface area contributed by atoms with E-state index in [0.29, 0.717) is 6.61 Å². The molecule has 0 saturated carbocycles. The summed E-state index contributed by atoms with van der Waals surface area (Å²) in [5, 5.41) is 7.31. The number of aliphatic imine (C=N–C) groups is 1. The number of para-hydroxylation sites is 1. The van der Waals surface area contributed by atoms with Gasteiger partial charge in [-0.2, -0.15) is 5.10 Å². The number of aromatic nitrogens is 2. The molecule has 1 heterocycles. The fourth-order valence-electron chi connectivity index (χ4n) is 4.49. The van der Waals surface area contributed by atoms with Crippen molar-refractivity contribution in [2.45, 2.75) is 13.5 Å². The number of hydrogen-bond donors (Lipinski definition) is 0. The van der Waals surface area contributed by atoms with Crippen LogP contribution < -0.4 is 4.74 Å². The van der Waals surface area contributed by atoms with Gasteiger partial charge in [0, 0.05) is 17.8 Å². The first-order valence-electron chi connectivity index (χ1n) is 12.7. The van der Waals surface area contributed by atoms with E-state index in [9.17, 15) is 0 Å². The predicted octanol–water partition coefficient (Wildman–Crippen LogP) is 8.33. The number of ether oxygens (including phenoxy) is 1. The van der Waals surface area contributed by atoms with E-state index in [2.05, 4.69) is 73.7 Å². The van der Waals surface area contributed by atoms with Crippen molar-refractivity contribution in [2.24, 2.45) is 4.99 Å². The Hall–Kier alpha value is -4.96. The molecule has 6 aromatic rings. The Morgan fingerprint density at radius 3 is 2.39 bits per heavy atom. The minimum Gasteiger partial charge on any atom is -0.489 e. The monoisotopic (exact) mass is 493 g/mol. The first-order valence-corrected chi connectivity index (χ1v) is 12.7. The van der Waals surface area contributed by atoms with Gasteiger partial charge in [-0.15, -0.1) is 0 Å². The number of aryl methyl sites for hydroxylation is 1. The third-order valence-corrected chi connectivity index (χ3v) is 6.52. The van der Waals surface area contributed by atoms with Crippen molar-refractivity contribution in [3.63, 3.8) is 0 Å². The van der Waals surface area contributed by atoms with Crippen molar-refractivity contribution in [3.8, 4) is 22.7 Å². The Labute approximate surface area is 222 Å². The second-order valence-electron chi connectivity index (χ2n) is 9.26. The quantitative estimate of drug-likeness (QED) is 0.210. The molecule has 0 unspecified atom stereocenters. The topological polar surface area (TPSA) is 39.4 Å². The minimum atomic E-state index is 0.503. The van der Waals surface area contributed by atoms with E-state index < -0.39 is 0 Å². The zero-order valence-corrected chi connectivity index (χ0v) is 21.2. The fourth-order valence-corrected chi connectivity index (χ4v) is 4.49. The SMILES string of the molecule is Cc1ccc(-c2cc(N=Cc3cccc(OCc4cccc5ccccc45)c3)n(-c3ccccc3)n2)cc1. The maximum absolute atomic E-state index is 6.18. The molecular weight excluding hydrogens is 466 g/mol. The van der Waals surface area contributed by atoms with E-state index in [4.69, 9.17) is 14.8 Å². The lowest BCUT2D eigenvalue weighted by molar-refractivity contribution is 0.307. The van der Waals surface area contributed by atoms with Gasteiger partial charge in [0.05, 0.1) is 11.4 Å². The average Bonchev–Trinajstić information content (AvgIpc) is 3.40. The Kier molecular flexibility index (Phi) is 6.52. The van der Waals surface area contributed by atoms with E-state index in [1.807, 2.05) is 71.6 Å². The van der Waals surface area contributed by atoms with Gasteiger partial charge in [0.15, 0.2) is 5.82 Å². The summed E-state index contributed by atoms with van der Waals surface area (Å²) in [6, 6.07) is 43.2. The molecule has 4 nitrogen and oxygen atoms in total. The summed E-state index contributed by atoms with van der Waals surface area (Å²) in [5.74, 6) is 1.56. The average molecular weight is 494 g/mol. The van der Waals surface area contributed by atoms with Gasteiger partial charge in [0.2, 0.25) is 0 Å². The zero-order valence-electron chi connectivity index (χ0n) is 21.2. The summed E-state index contributed by atoms with van der Waals surface area (Å²) in [6.07, 6.45) is 1.86. The van der Waals surface area contributed by atoms with Crippen LogP contribution in [0.2, 0.25) is 0 Å². The molecule has 6 rings (SSSR count). The molecule has 0 radical (unpaired) electrons. The molecule has 0 aliphatic carbocycles. The van der Waals surface area contributed by atoms with Gasteiger partial charge < -0.3 is 4.74 Å². The van der Waals surface area contributed by atoms with Crippen molar-refractivity contribution in [2.75, 3.05) is 0 Å². The molecule has 0 saturated heterocycles. The van der Waals surface area contributed by atoms with Crippen LogP contribution in [0.4, 0.5) is 5.82 Å². The number of hydrogen-bond acceptors (Lipinski definition) is 3. The van der Waals surface area contributed by atoms with Crippen LogP contribution >= 0.6 is 0 Å². The van der Waals surface area contributed by atoms with Gasteiger partial charge in [-0.3, -0.25) is 0 Å². The molecule has 0 N–H and O–H groups in total. The Morgan fingerprint density at radius 2 is 1.53 bits per heavy atom.